The summed E-state index contributed by atoms with van der Waals surface area (Å²) in [5.74, 6) is 0.859. The van der Waals surface area contributed by atoms with Gasteiger partial charge in [0, 0.05) is 6.92 Å². The van der Waals surface area contributed by atoms with Gasteiger partial charge in [0.25, 0.3) is 0 Å². The molecule has 0 saturated carbocycles. The highest BCUT2D eigenvalue weighted by Gasteiger charge is 2.10. The molecule has 0 amide bonds. The van der Waals surface area contributed by atoms with Crippen molar-refractivity contribution in [3.8, 4) is 5.75 Å². The maximum atomic E-state index is 11.4. The molecule has 5 nitrogen and oxygen atoms in total. The number of carbonyl (C=O) groups excluding carboxylic acids is 1. The summed E-state index contributed by atoms with van der Waals surface area (Å²) >= 11 is 1.31. The van der Waals surface area contributed by atoms with Crippen molar-refractivity contribution in [2.45, 2.75) is 20.8 Å². The molecule has 0 atom stereocenters. The van der Waals surface area contributed by atoms with Crippen molar-refractivity contribution in [3.05, 3.63) is 40.4 Å². The van der Waals surface area contributed by atoms with E-state index in [-0.39, 0.29) is 5.78 Å². The molecule has 0 unspecified atom stereocenters. The minimum absolute atomic E-state index is 0.0218. The van der Waals surface area contributed by atoms with Gasteiger partial charge in [-0.25, -0.2) is 4.98 Å². The van der Waals surface area contributed by atoms with Crippen molar-refractivity contribution >= 4 is 28.5 Å². The lowest BCUT2D eigenvalue weighted by molar-refractivity contribution is 0.102. The summed E-state index contributed by atoms with van der Waals surface area (Å²) in [7, 11) is 0. The van der Waals surface area contributed by atoms with Gasteiger partial charge in [0.1, 0.15) is 5.75 Å². The molecule has 6 heteroatoms. The number of Topliss-reactive ketones (excluding diaryl/α,β-unsaturated/α-hetero) is 1. The minimum atomic E-state index is 0.0218. The number of rotatable bonds is 6. The van der Waals surface area contributed by atoms with Gasteiger partial charge in [-0.3, -0.25) is 10.2 Å². The van der Waals surface area contributed by atoms with Gasteiger partial charge in [0.15, 0.2) is 5.78 Å². The summed E-state index contributed by atoms with van der Waals surface area (Å²) in [6.07, 6.45) is 1.69. The van der Waals surface area contributed by atoms with Gasteiger partial charge >= 0.3 is 0 Å². The van der Waals surface area contributed by atoms with Crippen molar-refractivity contribution < 1.29 is 9.53 Å². The fraction of sp³-hybridized carbons (Fsp3) is 0.267. The number of ether oxygens (including phenoxy) is 1. The second-order valence-electron chi connectivity index (χ2n) is 4.36. The zero-order valence-corrected chi connectivity index (χ0v) is 13.0. The summed E-state index contributed by atoms with van der Waals surface area (Å²) in [5.41, 5.74) is 4.52. The number of hydrogen-bond acceptors (Lipinski definition) is 6. The molecule has 0 saturated heterocycles. The Morgan fingerprint density at radius 1 is 1.43 bits per heavy atom. The molecule has 0 aliphatic heterocycles. The Morgan fingerprint density at radius 2 is 2.14 bits per heavy atom. The first-order valence-electron chi connectivity index (χ1n) is 6.60. The summed E-state index contributed by atoms with van der Waals surface area (Å²) < 4.78 is 5.37. The van der Waals surface area contributed by atoms with Gasteiger partial charge < -0.3 is 4.74 Å². The van der Waals surface area contributed by atoms with E-state index in [4.69, 9.17) is 4.74 Å². The number of aryl methyl sites for hydroxylation is 1. The van der Waals surface area contributed by atoms with Gasteiger partial charge in [-0.2, -0.15) is 5.10 Å². The molecule has 1 heterocycles. The summed E-state index contributed by atoms with van der Waals surface area (Å²) in [6.45, 7) is 5.95. The average molecular weight is 303 g/mol. The van der Waals surface area contributed by atoms with Crippen LogP contribution in [-0.2, 0) is 0 Å². The van der Waals surface area contributed by atoms with Crippen LogP contribution in [0.2, 0.25) is 0 Å². The molecule has 2 rings (SSSR count). The van der Waals surface area contributed by atoms with Crippen LogP contribution >= 0.6 is 11.3 Å². The maximum Gasteiger partial charge on any atom is 0.204 e. The fourth-order valence-corrected chi connectivity index (χ4v) is 2.56. The maximum absolute atomic E-state index is 11.4. The van der Waals surface area contributed by atoms with Gasteiger partial charge in [0.2, 0.25) is 5.13 Å². The monoisotopic (exact) mass is 303 g/mol. The van der Waals surface area contributed by atoms with Crippen LogP contribution in [0.1, 0.15) is 34.8 Å². The van der Waals surface area contributed by atoms with Crippen LogP contribution in [0.15, 0.2) is 29.4 Å². The Bertz CT molecular complexity index is 647. The number of hydrazone groups is 1. The zero-order valence-electron chi connectivity index (χ0n) is 12.2. The third kappa shape index (κ3) is 4.13. The van der Waals surface area contributed by atoms with Crippen molar-refractivity contribution in [2.24, 2.45) is 5.10 Å². The summed E-state index contributed by atoms with van der Waals surface area (Å²) in [5, 5.41) is 4.73. The van der Waals surface area contributed by atoms with Crippen molar-refractivity contribution in [1.82, 2.24) is 4.98 Å². The van der Waals surface area contributed by atoms with Crippen LogP contribution in [0.4, 0.5) is 5.13 Å². The van der Waals surface area contributed by atoms with Gasteiger partial charge in [0.05, 0.1) is 23.4 Å². The number of nitrogens with one attached hydrogen (secondary N) is 1. The number of ketones is 1. The highest BCUT2D eigenvalue weighted by Crippen LogP contribution is 2.22. The zero-order chi connectivity index (χ0) is 15.2. The van der Waals surface area contributed by atoms with Gasteiger partial charge in [-0.1, -0.05) is 11.3 Å². The number of benzene rings is 1. The third-order valence-electron chi connectivity index (χ3n) is 2.68. The molecule has 0 bridgehead atoms. The van der Waals surface area contributed by atoms with E-state index in [0.717, 1.165) is 17.0 Å². The summed E-state index contributed by atoms with van der Waals surface area (Å²) in [6, 6.07) is 7.63. The Labute approximate surface area is 127 Å². The second-order valence-corrected chi connectivity index (χ2v) is 5.36. The number of anilines is 1. The Kier molecular flexibility index (Phi) is 5.05. The molecule has 1 aromatic heterocycles. The highest BCUT2D eigenvalue weighted by atomic mass is 32.1. The topological polar surface area (TPSA) is 63.6 Å². The van der Waals surface area contributed by atoms with Gasteiger partial charge in [-0.15, -0.1) is 0 Å². The second kappa shape index (κ2) is 6.99. The largest absolute Gasteiger partial charge is 0.494 e. The van der Waals surface area contributed by atoms with Crippen LogP contribution in [0.5, 0.6) is 5.75 Å². The predicted octanol–water partition coefficient (Wildman–Crippen LogP) is 3.50. The molecular formula is C15H17N3O2S. The Morgan fingerprint density at radius 3 is 2.71 bits per heavy atom. The molecule has 0 aliphatic rings. The minimum Gasteiger partial charge on any atom is -0.494 e. The van der Waals surface area contributed by atoms with Crippen molar-refractivity contribution in [1.29, 1.82) is 0 Å². The molecule has 21 heavy (non-hydrogen) atoms. The first-order chi connectivity index (χ1) is 10.1. The first kappa shape index (κ1) is 15.2. The lowest BCUT2D eigenvalue weighted by atomic mass is 10.2. The number of carbonyl (C=O) groups is 1. The van der Waals surface area contributed by atoms with Crippen LogP contribution in [0, 0.1) is 6.92 Å². The molecular weight excluding hydrogens is 286 g/mol. The normalized spacial score (nSPS) is 10.8. The Balaban J connectivity index is 1.98. The van der Waals surface area contributed by atoms with Crippen LogP contribution in [0.3, 0.4) is 0 Å². The van der Waals surface area contributed by atoms with Crippen LogP contribution in [-0.4, -0.2) is 23.6 Å². The lowest BCUT2D eigenvalue weighted by Crippen LogP contribution is -1.92. The predicted molar refractivity (Wildman–Crippen MR) is 85.7 cm³/mol. The van der Waals surface area contributed by atoms with E-state index in [9.17, 15) is 4.79 Å². The molecule has 0 aliphatic carbocycles. The van der Waals surface area contributed by atoms with E-state index in [1.165, 1.54) is 18.3 Å². The molecule has 0 fully saturated rings. The van der Waals surface area contributed by atoms with E-state index in [0.29, 0.717) is 16.6 Å². The summed E-state index contributed by atoms with van der Waals surface area (Å²) in [4.78, 5) is 16.3. The molecule has 0 radical (unpaired) electrons. The van der Waals surface area contributed by atoms with Crippen LogP contribution in [0.25, 0.3) is 0 Å². The van der Waals surface area contributed by atoms with Crippen molar-refractivity contribution in [2.75, 3.05) is 12.0 Å². The van der Waals surface area contributed by atoms with E-state index >= 15 is 0 Å². The quantitative estimate of drug-likeness (QED) is 0.504. The van der Waals surface area contributed by atoms with Crippen LogP contribution < -0.4 is 10.2 Å². The molecule has 1 aromatic carbocycles. The molecule has 0 spiro atoms. The lowest BCUT2D eigenvalue weighted by Gasteiger charge is -2.01. The Hall–Kier alpha value is -2.21. The molecule has 1 N–H and O–H groups in total. The smallest absolute Gasteiger partial charge is 0.204 e. The fourth-order valence-electron chi connectivity index (χ4n) is 1.75. The van der Waals surface area contributed by atoms with E-state index in [1.807, 2.05) is 38.1 Å². The van der Waals surface area contributed by atoms with E-state index < -0.39 is 0 Å². The van der Waals surface area contributed by atoms with E-state index in [1.54, 1.807) is 6.21 Å². The number of hydrogen-bond donors (Lipinski definition) is 1. The van der Waals surface area contributed by atoms with Crippen molar-refractivity contribution in [3.63, 3.8) is 0 Å². The number of thiazole rings is 1. The SMILES string of the molecule is CCOc1ccc(C=NNc2nc(C)c(C(C)=O)s2)cc1. The van der Waals surface area contributed by atoms with Gasteiger partial charge in [-0.05, 0) is 43.7 Å². The molecule has 2 aromatic rings. The highest BCUT2D eigenvalue weighted by molar-refractivity contribution is 7.17. The third-order valence-corrected chi connectivity index (χ3v) is 3.84. The number of aromatic nitrogens is 1. The average Bonchev–Trinajstić information content (AvgIpc) is 2.82. The van der Waals surface area contributed by atoms with E-state index in [2.05, 4.69) is 15.5 Å². The number of nitrogens with zero attached hydrogens (tertiary/aromatic N) is 2. The standard InChI is InChI=1S/C15H17N3O2S/c1-4-20-13-7-5-12(6-8-13)9-16-18-15-17-10(2)14(21-15)11(3)19/h5-9H,4H2,1-3H3,(H,17,18). The first-order valence-corrected chi connectivity index (χ1v) is 7.42. The molecule has 110 valence electrons.